The van der Waals surface area contributed by atoms with E-state index < -0.39 is 30.3 Å². The lowest BCUT2D eigenvalue weighted by molar-refractivity contribution is -0.0372. The van der Waals surface area contributed by atoms with Crippen molar-refractivity contribution in [3.8, 4) is 0 Å². The van der Waals surface area contributed by atoms with Gasteiger partial charge in [-0.3, -0.25) is 14.3 Å². The van der Waals surface area contributed by atoms with Crippen LogP contribution in [0.2, 0.25) is 0 Å². The van der Waals surface area contributed by atoms with Crippen LogP contribution in [-0.4, -0.2) is 33.7 Å². The first-order chi connectivity index (χ1) is 9.18. The number of nitrogens with zero attached hydrogens (tertiary/aromatic N) is 1. The third kappa shape index (κ3) is 3.80. The van der Waals surface area contributed by atoms with Crippen molar-refractivity contribution in [3.05, 3.63) is 20.8 Å². The van der Waals surface area contributed by atoms with Gasteiger partial charge in [-0.1, -0.05) is 13.8 Å². The van der Waals surface area contributed by atoms with Gasteiger partial charge in [-0.05, 0) is 5.92 Å². The highest BCUT2D eigenvalue weighted by molar-refractivity contribution is 5.60. The minimum atomic E-state index is -3.39. The van der Waals surface area contributed by atoms with E-state index in [-0.39, 0.29) is 24.0 Å². The van der Waals surface area contributed by atoms with Crippen LogP contribution in [0.25, 0.3) is 0 Å². The molecule has 0 spiro atoms. The molecular weight excluding hydrogens is 274 g/mol. The third-order valence-electron chi connectivity index (χ3n) is 2.54. The molecule has 7 nitrogen and oxygen atoms in total. The van der Waals surface area contributed by atoms with Gasteiger partial charge in [-0.2, -0.15) is 0 Å². The van der Waals surface area contributed by atoms with Gasteiger partial charge in [0, 0.05) is 6.54 Å². The number of alkyl halides is 2. The zero-order valence-corrected chi connectivity index (χ0v) is 11.2. The van der Waals surface area contributed by atoms with Crippen molar-refractivity contribution in [1.82, 2.24) is 9.55 Å². The van der Waals surface area contributed by atoms with E-state index in [1.165, 1.54) is 0 Å². The predicted molar refractivity (Wildman–Crippen MR) is 71.1 cm³/mol. The molecule has 1 rings (SSSR count). The van der Waals surface area contributed by atoms with Gasteiger partial charge in [-0.15, -0.1) is 0 Å². The summed E-state index contributed by atoms with van der Waals surface area (Å²) in [5, 5.41) is 10.6. The molecule has 1 aromatic heterocycles. The van der Waals surface area contributed by atoms with Crippen LogP contribution in [0.5, 0.6) is 0 Å². The number of anilines is 2. The van der Waals surface area contributed by atoms with Gasteiger partial charge >= 0.3 is 5.69 Å². The van der Waals surface area contributed by atoms with E-state index in [9.17, 15) is 18.4 Å². The minimum Gasteiger partial charge on any atom is -0.390 e. The van der Waals surface area contributed by atoms with Crippen LogP contribution < -0.4 is 22.3 Å². The zero-order chi connectivity index (χ0) is 15.5. The maximum atomic E-state index is 13.0. The van der Waals surface area contributed by atoms with Gasteiger partial charge in [0.25, 0.3) is 11.5 Å². The van der Waals surface area contributed by atoms with Gasteiger partial charge in [0.15, 0.2) is 0 Å². The summed E-state index contributed by atoms with van der Waals surface area (Å²) in [7, 11) is 0. The minimum absolute atomic E-state index is 0.0765. The molecule has 0 saturated heterocycles. The number of hydrogen-bond acceptors (Lipinski definition) is 5. The van der Waals surface area contributed by atoms with Gasteiger partial charge in [-0.25, -0.2) is 13.6 Å². The zero-order valence-electron chi connectivity index (χ0n) is 11.2. The largest absolute Gasteiger partial charge is 0.390 e. The van der Waals surface area contributed by atoms with E-state index in [4.69, 9.17) is 10.8 Å². The van der Waals surface area contributed by atoms with Crippen LogP contribution in [0, 0.1) is 5.92 Å². The average Bonchev–Trinajstić information content (AvgIpc) is 2.33. The lowest BCUT2D eigenvalue weighted by atomic mass is 10.2. The highest BCUT2D eigenvalue weighted by atomic mass is 19.3. The second-order valence-corrected chi connectivity index (χ2v) is 4.89. The normalized spacial score (nSPS) is 11.9. The fourth-order valence-corrected chi connectivity index (χ4v) is 1.58. The first-order valence-electron chi connectivity index (χ1n) is 6.03. The van der Waals surface area contributed by atoms with Gasteiger partial charge in [0.2, 0.25) is 0 Å². The summed E-state index contributed by atoms with van der Waals surface area (Å²) in [6, 6.07) is 0. The summed E-state index contributed by atoms with van der Waals surface area (Å²) in [5.74, 6) is -3.52. The Morgan fingerprint density at radius 1 is 1.45 bits per heavy atom. The average molecular weight is 292 g/mol. The fraction of sp³-hybridized carbons (Fsp3) is 0.636. The van der Waals surface area contributed by atoms with Crippen LogP contribution in [0.15, 0.2) is 9.59 Å². The highest BCUT2D eigenvalue weighted by Gasteiger charge is 2.28. The van der Waals surface area contributed by atoms with E-state index in [1.54, 1.807) is 0 Å². The SMILES string of the molecule is CC(C)Cn1c(N)c(NCC(F)(F)CO)c(=O)[nH]c1=O. The Morgan fingerprint density at radius 3 is 2.55 bits per heavy atom. The van der Waals surface area contributed by atoms with E-state index >= 15 is 0 Å². The van der Waals surface area contributed by atoms with Crippen molar-refractivity contribution >= 4 is 11.5 Å². The fourth-order valence-electron chi connectivity index (χ4n) is 1.58. The predicted octanol–water partition coefficient (Wildman–Crippen LogP) is -0.186. The molecule has 0 aliphatic carbocycles. The lowest BCUT2D eigenvalue weighted by Crippen LogP contribution is -2.38. The van der Waals surface area contributed by atoms with Crippen molar-refractivity contribution in [2.45, 2.75) is 26.3 Å². The molecule has 0 unspecified atom stereocenters. The van der Waals surface area contributed by atoms with E-state index in [0.717, 1.165) is 4.57 Å². The first-order valence-corrected chi connectivity index (χ1v) is 6.03. The molecule has 9 heteroatoms. The van der Waals surface area contributed by atoms with Crippen LogP contribution in [-0.2, 0) is 6.54 Å². The number of aromatic amines is 1. The van der Waals surface area contributed by atoms with E-state index in [1.807, 2.05) is 18.8 Å². The van der Waals surface area contributed by atoms with Crippen LogP contribution >= 0.6 is 0 Å². The standard InChI is InChI=1S/C11H18F2N4O3/c1-6(2)3-17-8(14)7(9(19)16-10(17)20)15-4-11(12,13)5-18/h6,15,18H,3-5,14H2,1-2H3,(H,16,19,20). The van der Waals surface area contributed by atoms with Crippen molar-refractivity contribution in [2.75, 3.05) is 24.2 Å². The Hall–Kier alpha value is -1.90. The number of nitrogens with one attached hydrogen (secondary N) is 2. The maximum absolute atomic E-state index is 13.0. The van der Waals surface area contributed by atoms with Crippen molar-refractivity contribution in [3.63, 3.8) is 0 Å². The number of H-pyrrole nitrogens is 1. The third-order valence-corrected chi connectivity index (χ3v) is 2.54. The van der Waals surface area contributed by atoms with Crippen molar-refractivity contribution in [1.29, 1.82) is 0 Å². The Bertz CT molecular complexity index is 580. The molecule has 0 fully saturated rings. The van der Waals surface area contributed by atoms with Crippen LogP contribution in [0.3, 0.4) is 0 Å². The summed E-state index contributed by atoms with van der Waals surface area (Å²) >= 11 is 0. The molecule has 114 valence electrons. The number of nitrogen functional groups attached to an aromatic ring is 1. The number of aliphatic hydroxyl groups excluding tert-OH is 1. The number of aromatic nitrogens is 2. The number of aliphatic hydroxyl groups is 1. The van der Waals surface area contributed by atoms with Crippen molar-refractivity contribution in [2.24, 2.45) is 5.92 Å². The summed E-state index contributed by atoms with van der Waals surface area (Å²) in [5.41, 5.74) is 3.80. The van der Waals surface area contributed by atoms with Crippen LogP contribution in [0.1, 0.15) is 13.8 Å². The topological polar surface area (TPSA) is 113 Å². The Balaban J connectivity index is 3.14. The Labute approximate surface area is 113 Å². The second-order valence-electron chi connectivity index (χ2n) is 4.89. The van der Waals surface area contributed by atoms with Gasteiger partial charge in [0.1, 0.15) is 18.1 Å². The number of halogens is 2. The molecule has 0 saturated carbocycles. The van der Waals surface area contributed by atoms with Gasteiger partial charge in [0.05, 0.1) is 6.54 Å². The Kier molecular flexibility index (Phi) is 4.88. The Morgan fingerprint density at radius 2 is 2.05 bits per heavy atom. The molecule has 0 bridgehead atoms. The summed E-state index contributed by atoms with van der Waals surface area (Å²) in [6.07, 6.45) is 0. The molecule has 0 amide bonds. The molecule has 5 N–H and O–H groups in total. The summed E-state index contributed by atoms with van der Waals surface area (Å²) < 4.78 is 27.0. The first kappa shape index (κ1) is 16.2. The van der Waals surface area contributed by atoms with Gasteiger partial charge < -0.3 is 16.2 Å². The molecule has 0 atom stereocenters. The molecule has 20 heavy (non-hydrogen) atoms. The monoisotopic (exact) mass is 292 g/mol. The number of nitrogens with two attached hydrogens (primary N) is 1. The molecule has 0 aromatic carbocycles. The molecule has 1 heterocycles. The summed E-state index contributed by atoms with van der Waals surface area (Å²) in [4.78, 5) is 25.2. The number of hydrogen-bond donors (Lipinski definition) is 4. The maximum Gasteiger partial charge on any atom is 0.330 e. The van der Waals surface area contributed by atoms with E-state index in [0.29, 0.717) is 0 Å². The smallest absolute Gasteiger partial charge is 0.330 e. The molecule has 0 aliphatic rings. The molecular formula is C11H18F2N4O3. The molecule has 0 radical (unpaired) electrons. The van der Waals surface area contributed by atoms with Crippen LogP contribution in [0.4, 0.5) is 20.3 Å². The van der Waals surface area contributed by atoms with Crippen molar-refractivity contribution < 1.29 is 13.9 Å². The van der Waals surface area contributed by atoms with E-state index in [2.05, 4.69) is 5.32 Å². The lowest BCUT2D eigenvalue weighted by Gasteiger charge is -2.18. The molecule has 1 aromatic rings. The second kappa shape index (κ2) is 6.04. The molecule has 0 aliphatic heterocycles. The highest BCUT2D eigenvalue weighted by Crippen LogP contribution is 2.16. The number of rotatable bonds is 6. The quantitative estimate of drug-likeness (QED) is 0.580. The summed E-state index contributed by atoms with van der Waals surface area (Å²) in [6.45, 7) is 1.60.